The number of thiocarbonyl (C=S) groups is 1. The van der Waals surface area contributed by atoms with Gasteiger partial charge in [0.25, 0.3) is 0 Å². The maximum absolute atomic E-state index is 11.9. The van der Waals surface area contributed by atoms with Crippen LogP contribution in [0.1, 0.15) is 18.1 Å². The molecule has 1 rings (SSSR count). The molecule has 0 radical (unpaired) electrons. The van der Waals surface area contributed by atoms with Gasteiger partial charge in [-0.15, -0.1) is 0 Å². The molecule has 0 aliphatic carbocycles. The molecule has 0 bridgehead atoms. The van der Waals surface area contributed by atoms with Gasteiger partial charge < -0.3 is 5.73 Å². The SMILES string of the molecule is CC(CNS(=O)(=O)Cc1cccc(C(N)=S)c1)S(C)=O. The molecular formula is C12H18N2O3S3. The summed E-state index contributed by atoms with van der Waals surface area (Å²) < 4.78 is 37.5. The molecule has 0 aromatic heterocycles. The van der Waals surface area contributed by atoms with Gasteiger partial charge in [-0.1, -0.05) is 30.4 Å². The lowest BCUT2D eigenvalue weighted by molar-refractivity contribution is 0.580. The van der Waals surface area contributed by atoms with Gasteiger partial charge >= 0.3 is 0 Å². The van der Waals surface area contributed by atoms with Crippen molar-refractivity contribution in [2.75, 3.05) is 12.8 Å². The minimum Gasteiger partial charge on any atom is -0.389 e. The highest BCUT2D eigenvalue weighted by molar-refractivity contribution is 7.88. The summed E-state index contributed by atoms with van der Waals surface area (Å²) in [6.07, 6.45) is 1.55. The van der Waals surface area contributed by atoms with Gasteiger partial charge in [-0.05, 0) is 18.6 Å². The zero-order chi connectivity index (χ0) is 15.3. The average molecular weight is 334 g/mol. The quantitative estimate of drug-likeness (QED) is 0.709. The van der Waals surface area contributed by atoms with Gasteiger partial charge in [0.1, 0.15) is 4.99 Å². The molecule has 2 unspecified atom stereocenters. The normalized spacial score (nSPS) is 14.7. The molecule has 0 fully saturated rings. The Hall–Kier alpha value is -0.830. The van der Waals surface area contributed by atoms with Gasteiger partial charge in [-0.2, -0.15) is 0 Å². The molecular weight excluding hydrogens is 316 g/mol. The van der Waals surface area contributed by atoms with Crippen molar-refractivity contribution in [3.8, 4) is 0 Å². The summed E-state index contributed by atoms with van der Waals surface area (Å²) in [7, 11) is -4.54. The van der Waals surface area contributed by atoms with Gasteiger partial charge in [0.15, 0.2) is 0 Å². The Kier molecular flexibility index (Phi) is 6.25. The Balaban J connectivity index is 2.73. The lowest BCUT2D eigenvalue weighted by Gasteiger charge is -2.11. The van der Waals surface area contributed by atoms with Crippen LogP contribution in [0.3, 0.4) is 0 Å². The second kappa shape index (κ2) is 7.26. The number of hydrogen-bond donors (Lipinski definition) is 2. The van der Waals surface area contributed by atoms with E-state index >= 15 is 0 Å². The molecule has 0 heterocycles. The Morgan fingerprint density at radius 3 is 2.70 bits per heavy atom. The molecule has 0 aliphatic rings. The summed E-state index contributed by atoms with van der Waals surface area (Å²) >= 11 is 4.86. The summed E-state index contributed by atoms with van der Waals surface area (Å²) in [4.78, 5) is 0.229. The second-order valence-electron chi connectivity index (χ2n) is 4.48. The lowest BCUT2D eigenvalue weighted by atomic mass is 10.1. The molecule has 8 heteroatoms. The van der Waals surface area contributed by atoms with Crippen LogP contribution in [0.2, 0.25) is 0 Å². The maximum Gasteiger partial charge on any atom is 0.215 e. The first-order valence-corrected chi connectivity index (χ1v) is 9.58. The number of nitrogens with two attached hydrogens (primary N) is 1. The fraction of sp³-hybridized carbons (Fsp3) is 0.417. The minimum absolute atomic E-state index is 0.153. The van der Waals surface area contributed by atoms with Crippen molar-refractivity contribution >= 4 is 38.0 Å². The average Bonchev–Trinajstić information content (AvgIpc) is 2.35. The van der Waals surface area contributed by atoms with Crippen molar-refractivity contribution in [3.63, 3.8) is 0 Å². The van der Waals surface area contributed by atoms with E-state index in [1.165, 1.54) is 0 Å². The highest BCUT2D eigenvalue weighted by atomic mass is 32.2. The highest BCUT2D eigenvalue weighted by Crippen LogP contribution is 2.09. The van der Waals surface area contributed by atoms with E-state index in [0.717, 1.165) is 0 Å². The fourth-order valence-electron chi connectivity index (χ4n) is 1.45. The van der Waals surface area contributed by atoms with Gasteiger partial charge in [0.05, 0.1) is 5.75 Å². The van der Waals surface area contributed by atoms with Gasteiger partial charge in [0, 0.05) is 34.4 Å². The largest absolute Gasteiger partial charge is 0.389 e. The minimum atomic E-state index is -3.47. The zero-order valence-corrected chi connectivity index (χ0v) is 13.8. The molecule has 1 aromatic carbocycles. The Morgan fingerprint density at radius 1 is 1.50 bits per heavy atom. The fourth-order valence-corrected chi connectivity index (χ4v) is 3.22. The first-order valence-electron chi connectivity index (χ1n) is 5.89. The second-order valence-corrected chi connectivity index (χ2v) is 8.53. The monoisotopic (exact) mass is 334 g/mol. The predicted molar refractivity (Wildman–Crippen MR) is 86.5 cm³/mol. The van der Waals surface area contributed by atoms with Crippen LogP contribution in [0.5, 0.6) is 0 Å². The molecule has 3 N–H and O–H groups in total. The molecule has 0 saturated carbocycles. The molecule has 20 heavy (non-hydrogen) atoms. The van der Waals surface area contributed by atoms with E-state index in [-0.39, 0.29) is 22.5 Å². The van der Waals surface area contributed by atoms with Gasteiger partial charge in [-0.3, -0.25) is 4.21 Å². The van der Waals surface area contributed by atoms with E-state index in [4.69, 9.17) is 18.0 Å². The van der Waals surface area contributed by atoms with E-state index in [2.05, 4.69) is 4.72 Å². The maximum atomic E-state index is 11.9. The Morgan fingerprint density at radius 2 is 2.15 bits per heavy atom. The molecule has 0 spiro atoms. The predicted octanol–water partition coefficient (Wildman–Crippen LogP) is 0.507. The third kappa shape index (κ3) is 5.66. The van der Waals surface area contributed by atoms with E-state index < -0.39 is 20.8 Å². The third-order valence-corrected chi connectivity index (χ3v) is 5.58. The van der Waals surface area contributed by atoms with E-state index in [9.17, 15) is 12.6 Å². The summed E-state index contributed by atoms with van der Waals surface area (Å²) in [5, 5.41) is -0.229. The topological polar surface area (TPSA) is 89.3 Å². The van der Waals surface area contributed by atoms with Crippen LogP contribution < -0.4 is 10.5 Å². The smallest absolute Gasteiger partial charge is 0.215 e. The van der Waals surface area contributed by atoms with Crippen LogP contribution in [-0.4, -0.2) is 35.7 Å². The molecule has 112 valence electrons. The van der Waals surface area contributed by atoms with E-state index in [1.807, 2.05) is 0 Å². The van der Waals surface area contributed by atoms with Crippen molar-refractivity contribution in [2.45, 2.75) is 17.9 Å². The van der Waals surface area contributed by atoms with Crippen LogP contribution in [0.25, 0.3) is 0 Å². The van der Waals surface area contributed by atoms with E-state index in [0.29, 0.717) is 11.1 Å². The van der Waals surface area contributed by atoms with E-state index in [1.54, 1.807) is 37.4 Å². The van der Waals surface area contributed by atoms with Crippen LogP contribution in [0.4, 0.5) is 0 Å². The molecule has 5 nitrogen and oxygen atoms in total. The van der Waals surface area contributed by atoms with Crippen LogP contribution in [0, 0.1) is 0 Å². The van der Waals surface area contributed by atoms with Gasteiger partial charge in [-0.25, -0.2) is 13.1 Å². The Labute approximate surface area is 127 Å². The lowest BCUT2D eigenvalue weighted by Crippen LogP contribution is -2.33. The van der Waals surface area contributed by atoms with Crippen molar-refractivity contribution in [1.82, 2.24) is 4.72 Å². The highest BCUT2D eigenvalue weighted by Gasteiger charge is 2.15. The first kappa shape index (κ1) is 17.2. The number of benzene rings is 1. The van der Waals surface area contributed by atoms with Crippen molar-refractivity contribution in [3.05, 3.63) is 35.4 Å². The molecule has 1 aromatic rings. The summed E-state index contributed by atoms with van der Waals surface area (Å²) in [6, 6.07) is 6.79. The molecule has 2 atom stereocenters. The summed E-state index contributed by atoms with van der Waals surface area (Å²) in [6.45, 7) is 1.88. The number of rotatable bonds is 7. The number of nitrogens with one attached hydrogen (secondary N) is 1. The number of hydrogen-bond acceptors (Lipinski definition) is 4. The van der Waals surface area contributed by atoms with Crippen LogP contribution in [-0.2, 0) is 26.6 Å². The van der Waals surface area contributed by atoms with Crippen molar-refractivity contribution in [1.29, 1.82) is 0 Å². The van der Waals surface area contributed by atoms with Crippen LogP contribution >= 0.6 is 12.2 Å². The van der Waals surface area contributed by atoms with Crippen molar-refractivity contribution < 1.29 is 12.6 Å². The molecule has 0 saturated heterocycles. The standard InChI is InChI=1S/C12H18N2O3S3/c1-9(19(2)15)7-14-20(16,17)8-10-4-3-5-11(6-10)12(13)18/h3-6,9,14H,7-8H2,1-2H3,(H2,13,18). The van der Waals surface area contributed by atoms with Crippen molar-refractivity contribution in [2.24, 2.45) is 5.73 Å². The number of sulfonamides is 1. The summed E-state index contributed by atoms with van der Waals surface area (Å²) in [5.74, 6) is -0.160. The third-order valence-electron chi connectivity index (χ3n) is 2.73. The first-order chi connectivity index (χ1) is 9.21. The summed E-state index contributed by atoms with van der Waals surface area (Å²) in [5.41, 5.74) is 6.75. The molecule has 0 aliphatic heterocycles. The zero-order valence-electron chi connectivity index (χ0n) is 11.3. The van der Waals surface area contributed by atoms with Gasteiger partial charge in [0.2, 0.25) is 10.0 Å². The Bertz CT molecular complexity index is 614. The van der Waals surface area contributed by atoms with Crippen LogP contribution in [0.15, 0.2) is 24.3 Å². The molecule has 0 amide bonds.